The van der Waals surface area contributed by atoms with Gasteiger partial charge in [-0.1, -0.05) is 20.8 Å². The Bertz CT molecular complexity index is 475. The van der Waals surface area contributed by atoms with Crippen LogP contribution in [0.25, 0.3) is 0 Å². The first-order chi connectivity index (χ1) is 10.1. The Morgan fingerprint density at radius 1 is 1.29 bits per heavy atom. The van der Waals surface area contributed by atoms with E-state index in [0.29, 0.717) is 18.4 Å². The van der Waals surface area contributed by atoms with E-state index in [0.717, 1.165) is 24.6 Å². The molecule has 118 valence electrons. The molecule has 0 bridgehead atoms. The summed E-state index contributed by atoms with van der Waals surface area (Å²) in [6, 6.07) is 0. The first kappa shape index (κ1) is 16.9. The highest BCUT2D eigenvalue weighted by Crippen LogP contribution is 2.43. The zero-order chi connectivity index (χ0) is 15.4. The lowest BCUT2D eigenvalue weighted by atomic mass is 10.1. The fourth-order valence-corrected chi connectivity index (χ4v) is 3.21. The maximum atomic E-state index is 5.89. The predicted molar refractivity (Wildman–Crippen MR) is 94.7 cm³/mol. The third-order valence-corrected chi connectivity index (χ3v) is 4.67. The Morgan fingerprint density at radius 2 is 2.00 bits per heavy atom. The summed E-state index contributed by atoms with van der Waals surface area (Å²) in [6.45, 7) is 10.2. The third-order valence-electron chi connectivity index (χ3n) is 3.61. The van der Waals surface area contributed by atoms with Crippen LogP contribution in [0.1, 0.15) is 70.5 Å². The molecule has 0 aromatic carbocycles. The number of halogens is 1. The zero-order valence-electron chi connectivity index (χ0n) is 13.4. The van der Waals surface area contributed by atoms with Gasteiger partial charge in [-0.2, -0.15) is 0 Å². The van der Waals surface area contributed by atoms with Crippen molar-refractivity contribution in [3.05, 3.63) is 15.1 Å². The monoisotopic (exact) mass is 403 g/mol. The van der Waals surface area contributed by atoms with Crippen LogP contribution in [-0.2, 0) is 4.74 Å². The molecular formula is C16H26IN3O. The highest BCUT2D eigenvalue weighted by atomic mass is 127. The van der Waals surface area contributed by atoms with E-state index < -0.39 is 0 Å². The van der Waals surface area contributed by atoms with Crippen LogP contribution in [0.2, 0.25) is 0 Å². The second-order valence-electron chi connectivity index (χ2n) is 5.95. The fraction of sp³-hybridized carbons (Fsp3) is 0.750. The van der Waals surface area contributed by atoms with Crippen LogP contribution in [0.4, 0.5) is 5.82 Å². The largest absolute Gasteiger partial charge is 0.370 e. The van der Waals surface area contributed by atoms with E-state index in [4.69, 9.17) is 14.7 Å². The molecule has 0 spiro atoms. The normalized spacial score (nSPS) is 16.3. The van der Waals surface area contributed by atoms with Gasteiger partial charge in [-0.25, -0.2) is 9.97 Å². The number of nitrogens with zero attached hydrogens (tertiary/aromatic N) is 2. The first-order valence-corrected chi connectivity index (χ1v) is 9.09. The Hall–Kier alpha value is -0.430. The van der Waals surface area contributed by atoms with Gasteiger partial charge < -0.3 is 10.1 Å². The summed E-state index contributed by atoms with van der Waals surface area (Å²) in [6.07, 6.45) is 3.57. The molecule has 1 aliphatic carbocycles. The molecule has 0 saturated heterocycles. The quantitative estimate of drug-likeness (QED) is 0.649. The Balaban J connectivity index is 2.37. The van der Waals surface area contributed by atoms with Crippen LogP contribution in [0.15, 0.2) is 0 Å². The third kappa shape index (κ3) is 4.28. The molecule has 1 heterocycles. The molecule has 1 aliphatic rings. The molecule has 0 radical (unpaired) electrons. The lowest BCUT2D eigenvalue weighted by Crippen LogP contribution is -2.18. The minimum atomic E-state index is -0.0216. The van der Waals surface area contributed by atoms with Crippen LogP contribution >= 0.6 is 22.6 Å². The van der Waals surface area contributed by atoms with E-state index in [1.165, 1.54) is 22.1 Å². The van der Waals surface area contributed by atoms with Crippen molar-refractivity contribution < 1.29 is 4.74 Å². The van der Waals surface area contributed by atoms with Crippen LogP contribution < -0.4 is 5.32 Å². The van der Waals surface area contributed by atoms with E-state index in [1.54, 1.807) is 0 Å². The van der Waals surface area contributed by atoms with Crippen LogP contribution in [-0.4, -0.2) is 23.1 Å². The van der Waals surface area contributed by atoms with Crippen molar-refractivity contribution in [3.8, 4) is 0 Å². The Morgan fingerprint density at radius 3 is 2.52 bits per heavy atom. The van der Waals surface area contributed by atoms with Gasteiger partial charge in [0.15, 0.2) is 5.82 Å². The van der Waals surface area contributed by atoms with E-state index in [9.17, 15) is 0 Å². The van der Waals surface area contributed by atoms with Crippen LogP contribution in [0.3, 0.4) is 0 Å². The lowest BCUT2D eigenvalue weighted by molar-refractivity contribution is 0.0231. The second-order valence-corrected chi connectivity index (χ2v) is 7.03. The molecule has 0 aliphatic heterocycles. The minimum absolute atomic E-state index is 0.0216. The number of nitrogens with one attached hydrogen (secondary N) is 1. The molecule has 1 saturated carbocycles. The molecule has 21 heavy (non-hydrogen) atoms. The molecule has 0 amide bonds. The summed E-state index contributed by atoms with van der Waals surface area (Å²) in [7, 11) is 0. The maximum Gasteiger partial charge on any atom is 0.160 e. The first-order valence-electron chi connectivity index (χ1n) is 8.01. The van der Waals surface area contributed by atoms with Gasteiger partial charge in [0.1, 0.15) is 11.9 Å². The van der Waals surface area contributed by atoms with Crippen molar-refractivity contribution in [1.82, 2.24) is 9.97 Å². The van der Waals surface area contributed by atoms with Gasteiger partial charge in [0.05, 0.1) is 9.26 Å². The number of aromatic nitrogens is 2. The van der Waals surface area contributed by atoms with E-state index in [1.807, 2.05) is 6.92 Å². The fourth-order valence-electron chi connectivity index (χ4n) is 2.34. The van der Waals surface area contributed by atoms with Crippen molar-refractivity contribution in [1.29, 1.82) is 0 Å². The number of anilines is 1. The average Bonchev–Trinajstić information content (AvgIpc) is 3.28. The summed E-state index contributed by atoms with van der Waals surface area (Å²) in [5.41, 5.74) is 1.21. The standard InChI is InChI=1S/C16H26IN3O/c1-5-9-18-15-12(17)13(11-7-8-11)19-16(20-15)14(10(3)4)21-6-2/h10-11,14H,5-9H2,1-4H3,(H,18,19,20). The van der Waals surface area contributed by atoms with Crippen LogP contribution in [0.5, 0.6) is 0 Å². The second kappa shape index (κ2) is 7.72. The van der Waals surface area contributed by atoms with E-state index in [-0.39, 0.29) is 6.10 Å². The highest BCUT2D eigenvalue weighted by molar-refractivity contribution is 14.1. The zero-order valence-corrected chi connectivity index (χ0v) is 15.6. The maximum absolute atomic E-state index is 5.89. The average molecular weight is 403 g/mol. The molecule has 2 rings (SSSR count). The molecule has 1 fully saturated rings. The Labute approximate surface area is 141 Å². The van der Waals surface area contributed by atoms with Gasteiger partial charge >= 0.3 is 0 Å². The van der Waals surface area contributed by atoms with Crippen molar-refractivity contribution in [2.75, 3.05) is 18.5 Å². The Kier molecular flexibility index (Phi) is 6.22. The van der Waals surface area contributed by atoms with E-state index in [2.05, 4.69) is 48.7 Å². The van der Waals surface area contributed by atoms with Crippen molar-refractivity contribution in [2.45, 2.75) is 59.0 Å². The van der Waals surface area contributed by atoms with Gasteiger partial charge in [-0.15, -0.1) is 0 Å². The molecule has 5 heteroatoms. The van der Waals surface area contributed by atoms with E-state index >= 15 is 0 Å². The number of hydrogen-bond donors (Lipinski definition) is 1. The predicted octanol–water partition coefficient (Wildman–Crippen LogP) is 4.51. The highest BCUT2D eigenvalue weighted by Gasteiger charge is 2.31. The molecule has 1 aromatic rings. The van der Waals surface area contributed by atoms with Gasteiger partial charge in [-0.05, 0) is 54.7 Å². The number of rotatable bonds is 8. The SMILES string of the molecule is CCCNc1nc(C(OCC)C(C)C)nc(C2CC2)c1I. The summed E-state index contributed by atoms with van der Waals surface area (Å²) in [5, 5.41) is 3.45. The summed E-state index contributed by atoms with van der Waals surface area (Å²) in [4.78, 5) is 9.63. The summed E-state index contributed by atoms with van der Waals surface area (Å²) in [5.74, 6) is 2.81. The summed E-state index contributed by atoms with van der Waals surface area (Å²) >= 11 is 2.39. The molecule has 1 aromatic heterocycles. The number of ether oxygens (including phenoxy) is 1. The summed E-state index contributed by atoms with van der Waals surface area (Å²) < 4.78 is 7.08. The van der Waals surface area contributed by atoms with Crippen molar-refractivity contribution >= 4 is 28.4 Å². The topological polar surface area (TPSA) is 47.0 Å². The molecule has 1 N–H and O–H groups in total. The number of hydrogen-bond acceptors (Lipinski definition) is 4. The van der Waals surface area contributed by atoms with Gasteiger partial charge in [-0.3, -0.25) is 0 Å². The molecule has 1 unspecified atom stereocenters. The van der Waals surface area contributed by atoms with Crippen LogP contribution in [0, 0.1) is 9.49 Å². The van der Waals surface area contributed by atoms with Gasteiger partial charge in [0, 0.05) is 19.1 Å². The lowest BCUT2D eigenvalue weighted by Gasteiger charge is -2.21. The minimum Gasteiger partial charge on any atom is -0.370 e. The molecule has 1 atom stereocenters. The van der Waals surface area contributed by atoms with Gasteiger partial charge in [0.25, 0.3) is 0 Å². The van der Waals surface area contributed by atoms with Crippen molar-refractivity contribution in [2.24, 2.45) is 5.92 Å². The molecular weight excluding hydrogens is 377 g/mol. The van der Waals surface area contributed by atoms with Crippen molar-refractivity contribution in [3.63, 3.8) is 0 Å². The van der Waals surface area contributed by atoms with Gasteiger partial charge in [0.2, 0.25) is 0 Å². The smallest absolute Gasteiger partial charge is 0.160 e. The molecule has 4 nitrogen and oxygen atoms in total.